The number of nitrogens with zero attached hydrogens (tertiary/aromatic N) is 2. The molecule has 0 radical (unpaired) electrons. The van der Waals surface area contributed by atoms with Gasteiger partial charge in [-0.25, -0.2) is 4.98 Å². The van der Waals surface area contributed by atoms with E-state index in [-0.39, 0.29) is 0 Å². The monoisotopic (exact) mass is 238 g/mol. The van der Waals surface area contributed by atoms with Crippen LogP contribution in [0.5, 0.6) is 0 Å². The Morgan fingerprint density at radius 2 is 1.67 bits per heavy atom. The fraction of sp³-hybridized carbons (Fsp3) is 0. The zero-order valence-electron chi connectivity index (χ0n) is 9.62. The van der Waals surface area contributed by atoms with E-state index in [2.05, 4.69) is 4.98 Å². The Kier molecular flexibility index (Phi) is 2.65. The lowest BCUT2D eigenvalue weighted by Gasteiger charge is -2.05. The SMILES string of the molecule is Fc1cn(-c2cccc(-c3ccccc3)c2)cn1. The minimum absolute atomic E-state index is 0.472. The summed E-state index contributed by atoms with van der Waals surface area (Å²) in [4.78, 5) is 3.59. The van der Waals surface area contributed by atoms with Crippen molar-refractivity contribution in [2.24, 2.45) is 0 Å². The van der Waals surface area contributed by atoms with Crippen LogP contribution in [0.4, 0.5) is 4.39 Å². The molecule has 1 heterocycles. The summed E-state index contributed by atoms with van der Waals surface area (Å²) in [6.07, 6.45) is 2.84. The third-order valence-corrected chi connectivity index (χ3v) is 2.80. The van der Waals surface area contributed by atoms with E-state index in [1.54, 1.807) is 4.57 Å². The maximum Gasteiger partial charge on any atom is 0.231 e. The first-order valence-corrected chi connectivity index (χ1v) is 5.68. The van der Waals surface area contributed by atoms with Crippen molar-refractivity contribution in [2.75, 3.05) is 0 Å². The number of aromatic nitrogens is 2. The third-order valence-electron chi connectivity index (χ3n) is 2.80. The van der Waals surface area contributed by atoms with Crippen LogP contribution in [0.15, 0.2) is 67.1 Å². The van der Waals surface area contributed by atoms with Crippen molar-refractivity contribution in [2.45, 2.75) is 0 Å². The molecule has 0 unspecified atom stereocenters. The zero-order valence-corrected chi connectivity index (χ0v) is 9.62. The Bertz CT molecular complexity index is 659. The smallest absolute Gasteiger partial charge is 0.231 e. The topological polar surface area (TPSA) is 17.8 Å². The van der Waals surface area contributed by atoms with E-state index < -0.39 is 5.95 Å². The van der Waals surface area contributed by atoms with Gasteiger partial charge in [-0.2, -0.15) is 4.39 Å². The lowest BCUT2D eigenvalue weighted by Crippen LogP contribution is -1.90. The summed E-state index contributed by atoms with van der Waals surface area (Å²) in [5, 5.41) is 0. The van der Waals surface area contributed by atoms with Crippen molar-refractivity contribution in [3.63, 3.8) is 0 Å². The first-order chi connectivity index (χ1) is 8.83. The van der Waals surface area contributed by atoms with Gasteiger partial charge in [-0.15, -0.1) is 0 Å². The number of halogens is 1. The van der Waals surface area contributed by atoms with Crippen molar-refractivity contribution >= 4 is 0 Å². The summed E-state index contributed by atoms with van der Waals surface area (Å²) >= 11 is 0. The molecule has 88 valence electrons. The number of rotatable bonds is 2. The Labute approximate surface area is 104 Å². The molecule has 0 atom stereocenters. The molecule has 18 heavy (non-hydrogen) atoms. The molecule has 0 N–H and O–H groups in total. The Hall–Kier alpha value is -2.42. The molecule has 3 heteroatoms. The fourth-order valence-corrected chi connectivity index (χ4v) is 1.92. The standard InChI is InChI=1S/C15H11FN2/c16-15-10-18(11-17-15)14-8-4-7-13(9-14)12-5-2-1-3-6-12/h1-11H. The van der Waals surface area contributed by atoms with Gasteiger partial charge in [-0.1, -0.05) is 42.5 Å². The highest BCUT2D eigenvalue weighted by Crippen LogP contribution is 2.21. The highest BCUT2D eigenvalue weighted by molar-refractivity contribution is 5.65. The van der Waals surface area contributed by atoms with Crippen molar-refractivity contribution in [3.05, 3.63) is 73.1 Å². The van der Waals surface area contributed by atoms with Gasteiger partial charge in [-0.3, -0.25) is 0 Å². The molecule has 1 aromatic heterocycles. The maximum atomic E-state index is 12.9. The van der Waals surface area contributed by atoms with E-state index in [1.807, 2.05) is 54.6 Å². The van der Waals surface area contributed by atoms with Gasteiger partial charge in [0, 0.05) is 5.69 Å². The van der Waals surface area contributed by atoms with E-state index in [0.29, 0.717) is 0 Å². The molecule has 0 aliphatic rings. The first-order valence-electron chi connectivity index (χ1n) is 5.68. The van der Waals surface area contributed by atoms with Crippen molar-refractivity contribution < 1.29 is 4.39 Å². The molecule has 0 aliphatic heterocycles. The first kappa shape index (κ1) is 10.7. The molecule has 0 saturated carbocycles. The van der Waals surface area contributed by atoms with Gasteiger partial charge in [0.05, 0.1) is 6.20 Å². The second-order valence-electron chi connectivity index (χ2n) is 4.02. The van der Waals surface area contributed by atoms with Crippen LogP contribution in [0.2, 0.25) is 0 Å². The summed E-state index contributed by atoms with van der Waals surface area (Å²) in [5.41, 5.74) is 3.13. The van der Waals surface area contributed by atoms with Gasteiger partial charge >= 0.3 is 0 Å². The number of hydrogen-bond acceptors (Lipinski definition) is 1. The number of imidazole rings is 1. The maximum absolute atomic E-state index is 12.9. The number of benzene rings is 2. The van der Waals surface area contributed by atoms with Gasteiger partial charge in [0.15, 0.2) is 0 Å². The van der Waals surface area contributed by atoms with Gasteiger partial charge in [-0.05, 0) is 23.3 Å². The predicted molar refractivity (Wildman–Crippen MR) is 69.0 cm³/mol. The molecule has 3 aromatic rings. The van der Waals surface area contributed by atoms with Crippen LogP contribution in [0.25, 0.3) is 16.8 Å². The van der Waals surface area contributed by atoms with E-state index in [1.165, 1.54) is 12.5 Å². The second-order valence-corrected chi connectivity index (χ2v) is 4.02. The minimum Gasteiger partial charge on any atom is -0.303 e. The van der Waals surface area contributed by atoms with E-state index in [4.69, 9.17) is 0 Å². The van der Waals surface area contributed by atoms with Gasteiger partial charge in [0.2, 0.25) is 5.95 Å². The molecular weight excluding hydrogens is 227 g/mol. The highest BCUT2D eigenvalue weighted by atomic mass is 19.1. The lowest BCUT2D eigenvalue weighted by atomic mass is 10.1. The quantitative estimate of drug-likeness (QED) is 0.666. The van der Waals surface area contributed by atoms with Crippen LogP contribution < -0.4 is 0 Å². The van der Waals surface area contributed by atoms with Crippen LogP contribution in [0, 0.1) is 5.95 Å². The van der Waals surface area contributed by atoms with Crippen LogP contribution >= 0.6 is 0 Å². The van der Waals surface area contributed by atoms with Crippen LogP contribution in [0.3, 0.4) is 0 Å². The highest BCUT2D eigenvalue weighted by Gasteiger charge is 2.02. The molecule has 3 rings (SSSR count). The van der Waals surface area contributed by atoms with E-state index >= 15 is 0 Å². The summed E-state index contributed by atoms with van der Waals surface area (Å²) in [7, 11) is 0. The summed E-state index contributed by atoms with van der Waals surface area (Å²) in [6, 6.07) is 18.0. The summed E-state index contributed by atoms with van der Waals surface area (Å²) < 4.78 is 14.6. The number of hydrogen-bond donors (Lipinski definition) is 0. The van der Waals surface area contributed by atoms with Crippen LogP contribution in [-0.4, -0.2) is 9.55 Å². The molecule has 0 fully saturated rings. The average molecular weight is 238 g/mol. The molecule has 0 aliphatic carbocycles. The van der Waals surface area contributed by atoms with Gasteiger partial charge in [0.1, 0.15) is 6.33 Å². The Balaban J connectivity index is 2.05. The Morgan fingerprint density at radius 3 is 2.39 bits per heavy atom. The Morgan fingerprint density at radius 1 is 0.889 bits per heavy atom. The van der Waals surface area contributed by atoms with E-state index in [9.17, 15) is 4.39 Å². The summed E-state index contributed by atoms with van der Waals surface area (Å²) in [6.45, 7) is 0. The van der Waals surface area contributed by atoms with Crippen LogP contribution in [-0.2, 0) is 0 Å². The van der Waals surface area contributed by atoms with Crippen molar-refractivity contribution in [1.29, 1.82) is 0 Å². The fourth-order valence-electron chi connectivity index (χ4n) is 1.92. The molecule has 2 aromatic carbocycles. The van der Waals surface area contributed by atoms with Crippen molar-refractivity contribution in [3.8, 4) is 16.8 Å². The van der Waals surface area contributed by atoms with E-state index in [0.717, 1.165) is 16.8 Å². The third kappa shape index (κ3) is 2.02. The zero-order chi connectivity index (χ0) is 12.4. The lowest BCUT2D eigenvalue weighted by molar-refractivity contribution is 0.590. The minimum atomic E-state index is -0.472. The largest absolute Gasteiger partial charge is 0.303 e. The average Bonchev–Trinajstić information content (AvgIpc) is 2.87. The molecule has 2 nitrogen and oxygen atoms in total. The predicted octanol–water partition coefficient (Wildman–Crippen LogP) is 3.68. The molecule has 0 amide bonds. The van der Waals surface area contributed by atoms with Gasteiger partial charge < -0.3 is 4.57 Å². The molecular formula is C15H11FN2. The normalized spacial score (nSPS) is 10.5. The molecule has 0 spiro atoms. The molecule has 0 bridgehead atoms. The second kappa shape index (κ2) is 4.45. The summed E-state index contributed by atoms with van der Waals surface area (Å²) in [5.74, 6) is -0.472. The van der Waals surface area contributed by atoms with Crippen molar-refractivity contribution in [1.82, 2.24) is 9.55 Å². The molecule has 0 saturated heterocycles. The van der Waals surface area contributed by atoms with Gasteiger partial charge in [0.25, 0.3) is 0 Å². The van der Waals surface area contributed by atoms with Crippen LogP contribution in [0.1, 0.15) is 0 Å².